The summed E-state index contributed by atoms with van der Waals surface area (Å²) in [6.45, 7) is 1.46. The first kappa shape index (κ1) is 11.4. The quantitative estimate of drug-likeness (QED) is 0.370. The third-order valence-corrected chi connectivity index (χ3v) is 1.19. The number of hydrogen-bond donors (Lipinski definition) is 1. The van der Waals surface area contributed by atoms with Gasteiger partial charge in [-0.1, -0.05) is 5.16 Å². The van der Waals surface area contributed by atoms with E-state index < -0.39 is 6.09 Å². The SMILES string of the molecule is CNC(=O)ON=C(C)C(=O)N(C)C. The lowest BCUT2D eigenvalue weighted by Crippen LogP contribution is -2.29. The molecule has 74 valence electrons. The van der Waals surface area contributed by atoms with Gasteiger partial charge in [0.1, 0.15) is 5.71 Å². The Hall–Kier alpha value is -1.59. The zero-order valence-corrected chi connectivity index (χ0v) is 8.12. The van der Waals surface area contributed by atoms with Gasteiger partial charge in [0, 0.05) is 21.1 Å². The van der Waals surface area contributed by atoms with Crippen LogP contribution in [-0.4, -0.2) is 43.8 Å². The van der Waals surface area contributed by atoms with E-state index >= 15 is 0 Å². The van der Waals surface area contributed by atoms with Crippen LogP contribution in [0.3, 0.4) is 0 Å². The van der Waals surface area contributed by atoms with Gasteiger partial charge in [0.05, 0.1) is 0 Å². The zero-order chi connectivity index (χ0) is 10.4. The van der Waals surface area contributed by atoms with Gasteiger partial charge in [-0.3, -0.25) is 9.63 Å². The predicted molar refractivity (Wildman–Crippen MR) is 47.3 cm³/mol. The fraction of sp³-hybridized carbons (Fsp3) is 0.571. The highest BCUT2D eigenvalue weighted by atomic mass is 16.7. The van der Waals surface area contributed by atoms with Crippen LogP contribution < -0.4 is 5.32 Å². The molecule has 0 rings (SSSR count). The highest BCUT2D eigenvalue weighted by molar-refractivity contribution is 6.37. The summed E-state index contributed by atoms with van der Waals surface area (Å²) in [5.74, 6) is -0.302. The molecule has 0 saturated heterocycles. The molecule has 1 N–H and O–H groups in total. The topological polar surface area (TPSA) is 71.0 Å². The van der Waals surface area contributed by atoms with Crippen LogP contribution in [-0.2, 0) is 9.63 Å². The standard InChI is InChI=1S/C7H13N3O3/c1-5(6(11)10(3)4)9-13-7(12)8-2/h1-4H3,(H,8,12). The molecule has 0 aromatic rings. The first-order valence-corrected chi connectivity index (χ1v) is 3.64. The fourth-order valence-electron chi connectivity index (χ4n) is 0.518. The Morgan fingerprint density at radius 2 is 1.92 bits per heavy atom. The Morgan fingerprint density at radius 3 is 2.31 bits per heavy atom. The zero-order valence-electron chi connectivity index (χ0n) is 8.12. The minimum atomic E-state index is -0.703. The molecule has 0 bridgehead atoms. The fourth-order valence-corrected chi connectivity index (χ4v) is 0.518. The molecular weight excluding hydrogens is 174 g/mol. The molecule has 0 aliphatic rings. The monoisotopic (exact) mass is 187 g/mol. The van der Waals surface area contributed by atoms with Gasteiger partial charge in [-0.2, -0.15) is 0 Å². The van der Waals surface area contributed by atoms with Gasteiger partial charge in [0.25, 0.3) is 5.91 Å². The van der Waals surface area contributed by atoms with Crippen LogP contribution in [0, 0.1) is 0 Å². The van der Waals surface area contributed by atoms with E-state index in [0.717, 1.165) is 0 Å². The Balaban J connectivity index is 4.17. The average Bonchev–Trinajstić information content (AvgIpc) is 2.11. The Morgan fingerprint density at radius 1 is 1.38 bits per heavy atom. The number of nitrogens with zero attached hydrogens (tertiary/aromatic N) is 2. The molecule has 6 heteroatoms. The van der Waals surface area contributed by atoms with Crippen molar-refractivity contribution in [2.75, 3.05) is 21.1 Å². The van der Waals surface area contributed by atoms with Crippen molar-refractivity contribution in [3.8, 4) is 0 Å². The second-order valence-corrected chi connectivity index (χ2v) is 2.51. The van der Waals surface area contributed by atoms with E-state index in [1.807, 2.05) is 0 Å². The normalized spacial score (nSPS) is 10.6. The maximum Gasteiger partial charge on any atom is 0.433 e. The van der Waals surface area contributed by atoms with E-state index in [1.54, 1.807) is 14.1 Å². The molecule has 2 amide bonds. The third kappa shape index (κ3) is 4.09. The molecule has 0 aliphatic carbocycles. The van der Waals surface area contributed by atoms with Crippen molar-refractivity contribution in [3.05, 3.63) is 0 Å². The summed E-state index contributed by atoms with van der Waals surface area (Å²) in [5.41, 5.74) is 0.119. The van der Waals surface area contributed by atoms with Crippen LogP contribution in [0.4, 0.5) is 4.79 Å². The summed E-state index contributed by atoms with van der Waals surface area (Å²) in [6, 6.07) is 0. The Labute approximate surface area is 76.5 Å². The number of carbonyl (C=O) groups excluding carboxylic acids is 2. The third-order valence-electron chi connectivity index (χ3n) is 1.19. The largest absolute Gasteiger partial charge is 0.433 e. The summed E-state index contributed by atoms with van der Waals surface area (Å²) >= 11 is 0. The van der Waals surface area contributed by atoms with Crippen molar-refractivity contribution in [1.29, 1.82) is 0 Å². The molecule has 0 unspecified atom stereocenters. The summed E-state index contributed by atoms with van der Waals surface area (Å²) in [5, 5.41) is 5.52. The van der Waals surface area contributed by atoms with Crippen molar-refractivity contribution < 1.29 is 14.4 Å². The highest BCUT2D eigenvalue weighted by Gasteiger charge is 2.09. The maximum absolute atomic E-state index is 11.1. The number of carbonyl (C=O) groups is 2. The molecule has 0 heterocycles. The van der Waals surface area contributed by atoms with E-state index in [4.69, 9.17) is 0 Å². The Bertz CT molecular complexity index is 235. The van der Waals surface area contributed by atoms with Crippen LogP contribution in [0.5, 0.6) is 0 Å². The molecule has 0 fully saturated rings. The molecule has 6 nitrogen and oxygen atoms in total. The van der Waals surface area contributed by atoms with E-state index in [0.29, 0.717) is 0 Å². The van der Waals surface area contributed by atoms with E-state index in [9.17, 15) is 9.59 Å². The second kappa shape index (κ2) is 5.13. The summed E-state index contributed by atoms with van der Waals surface area (Å²) in [6.07, 6.45) is -0.703. The molecule has 0 aromatic carbocycles. The van der Waals surface area contributed by atoms with Crippen molar-refractivity contribution in [2.24, 2.45) is 5.16 Å². The molecule has 13 heavy (non-hydrogen) atoms. The lowest BCUT2D eigenvalue weighted by atomic mass is 10.4. The average molecular weight is 187 g/mol. The maximum atomic E-state index is 11.1. The van der Waals surface area contributed by atoms with Crippen LogP contribution >= 0.6 is 0 Å². The van der Waals surface area contributed by atoms with Gasteiger partial charge in [-0.05, 0) is 6.92 Å². The number of nitrogens with one attached hydrogen (secondary N) is 1. The van der Waals surface area contributed by atoms with Gasteiger partial charge >= 0.3 is 6.09 Å². The van der Waals surface area contributed by atoms with E-state index in [-0.39, 0.29) is 11.6 Å². The van der Waals surface area contributed by atoms with Gasteiger partial charge < -0.3 is 10.2 Å². The van der Waals surface area contributed by atoms with Crippen LogP contribution in [0.15, 0.2) is 5.16 Å². The van der Waals surface area contributed by atoms with Gasteiger partial charge in [-0.15, -0.1) is 0 Å². The molecular formula is C7H13N3O3. The number of rotatable bonds is 2. The number of oxime groups is 1. The Kier molecular flexibility index (Phi) is 4.50. The van der Waals surface area contributed by atoms with Crippen LogP contribution in [0.2, 0.25) is 0 Å². The molecule has 0 aromatic heterocycles. The van der Waals surface area contributed by atoms with E-state index in [1.165, 1.54) is 18.9 Å². The molecule has 0 saturated carbocycles. The van der Waals surface area contributed by atoms with E-state index in [2.05, 4.69) is 15.3 Å². The summed E-state index contributed by atoms with van der Waals surface area (Å²) < 4.78 is 0. The number of amides is 2. The second-order valence-electron chi connectivity index (χ2n) is 2.51. The van der Waals surface area contributed by atoms with Crippen LogP contribution in [0.25, 0.3) is 0 Å². The van der Waals surface area contributed by atoms with Gasteiger partial charge in [0.2, 0.25) is 0 Å². The summed E-state index contributed by atoms with van der Waals surface area (Å²) in [4.78, 5) is 27.3. The minimum Gasteiger partial charge on any atom is -0.344 e. The van der Waals surface area contributed by atoms with Crippen molar-refractivity contribution in [3.63, 3.8) is 0 Å². The lowest BCUT2D eigenvalue weighted by Gasteiger charge is -2.08. The number of hydrogen-bond acceptors (Lipinski definition) is 4. The minimum absolute atomic E-state index is 0.119. The molecule has 0 atom stereocenters. The first-order valence-electron chi connectivity index (χ1n) is 3.64. The van der Waals surface area contributed by atoms with Gasteiger partial charge in [0.15, 0.2) is 0 Å². The van der Waals surface area contributed by atoms with Crippen molar-refractivity contribution in [1.82, 2.24) is 10.2 Å². The molecule has 0 spiro atoms. The predicted octanol–water partition coefficient (Wildman–Crippen LogP) is -0.194. The van der Waals surface area contributed by atoms with Gasteiger partial charge in [-0.25, -0.2) is 4.79 Å². The van der Waals surface area contributed by atoms with Crippen LogP contribution in [0.1, 0.15) is 6.92 Å². The first-order chi connectivity index (χ1) is 5.99. The summed E-state index contributed by atoms with van der Waals surface area (Å²) in [7, 11) is 4.57. The van der Waals surface area contributed by atoms with Crippen molar-refractivity contribution >= 4 is 17.7 Å². The highest BCUT2D eigenvalue weighted by Crippen LogP contribution is 1.87. The molecule has 0 aliphatic heterocycles. The smallest absolute Gasteiger partial charge is 0.344 e. The molecule has 0 radical (unpaired) electrons. The lowest BCUT2D eigenvalue weighted by molar-refractivity contribution is -0.121. The van der Waals surface area contributed by atoms with Crippen molar-refractivity contribution in [2.45, 2.75) is 6.92 Å².